The van der Waals surface area contributed by atoms with E-state index in [1.165, 1.54) is 13.0 Å². The molecule has 4 N–H and O–H groups in total. The van der Waals surface area contributed by atoms with Gasteiger partial charge in [-0.25, -0.2) is 0 Å². The van der Waals surface area contributed by atoms with Gasteiger partial charge < -0.3 is 15.8 Å². The zero-order valence-corrected chi connectivity index (χ0v) is 13.4. The maximum atomic E-state index is 11.3. The van der Waals surface area contributed by atoms with Gasteiger partial charge in [0.2, 0.25) is 5.91 Å². The van der Waals surface area contributed by atoms with Gasteiger partial charge in [0.15, 0.2) is 0 Å². The summed E-state index contributed by atoms with van der Waals surface area (Å²) in [4.78, 5) is 11.1. The molecule has 0 aliphatic heterocycles. The molecule has 21 heavy (non-hydrogen) atoms. The number of nitrogens with two attached hydrogens (primary N) is 1. The highest BCUT2D eigenvalue weighted by molar-refractivity contribution is 7.89. The van der Waals surface area contributed by atoms with Crippen molar-refractivity contribution < 1.29 is 22.5 Å². The molecule has 1 aliphatic rings. The van der Waals surface area contributed by atoms with E-state index in [4.69, 9.17) is 10.5 Å². The van der Waals surface area contributed by atoms with Crippen molar-refractivity contribution in [2.45, 2.75) is 64.3 Å². The Hall–Kier alpha value is -0.960. The van der Waals surface area contributed by atoms with Gasteiger partial charge in [-0.05, 0) is 18.9 Å². The van der Waals surface area contributed by atoms with Crippen LogP contribution in [0.5, 0.6) is 0 Å². The molecule has 0 aromatic heterocycles. The third-order valence-corrected chi connectivity index (χ3v) is 4.53. The quantitative estimate of drug-likeness (QED) is 0.616. The van der Waals surface area contributed by atoms with Gasteiger partial charge in [-0.3, -0.25) is 9.35 Å². The van der Waals surface area contributed by atoms with E-state index in [-0.39, 0.29) is 23.3 Å². The third-order valence-electron chi connectivity index (χ3n) is 3.56. The van der Waals surface area contributed by atoms with Crippen LogP contribution in [-0.4, -0.2) is 43.2 Å². The number of hydrogen-bond acceptors (Lipinski definition) is 5. The van der Waals surface area contributed by atoms with Crippen molar-refractivity contribution in [1.82, 2.24) is 5.32 Å². The molecule has 0 saturated carbocycles. The van der Waals surface area contributed by atoms with E-state index in [0.29, 0.717) is 0 Å². The Morgan fingerprint density at radius 2 is 2.10 bits per heavy atom. The molecule has 0 spiro atoms. The first kappa shape index (κ1) is 18.1. The molecule has 0 heterocycles. The third kappa shape index (κ3) is 5.06. The summed E-state index contributed by atoms with van der Waals surface area (Å²) in [5, 5.41) is 2.70. The molecule has 0 bridgehead atoms. The van der Waals surface area contributed by atoms with Crippen LogP contribution >= 0.6 is 0 Å². The fourth-order valence-electron chi connectivity index (χ4n) is 2.40. The Bertz CT molecular complexity index is 499. The SMILES string of the molecule is CCC(CC)O[C@@H]1C=C(S(=O)(=O)O)C[C@H](N)[C@H]1NC(C)=O. The van der Waals surface area contributed by atoms with Crippen LogP contribution in [0.3, 0.4) is 0 Å². The van der Waals surface area contributed by atoms with Crippen LogP contribution in [0.1, 0.15) is 40.0 Å². The maximum Gasteiger partial charge on any atom is 0.290 e. The summed E-state index contributed by atoms with van der Waals surface area (Å²) >= 11 is 0. The van der Waals surface area contributed by atoms with Crippen LogP contribution in [0.25, 0.3) is 0 Å². The zero-order valence-electron chi connectivity index (χ0n) is 12.6. The van der Waals surface area contributed by atoms with Crippen molar-refractivity contribution in [3.8, 4) is 0 Å². The Morgan fingerprint density at radius 1 is 1.52 bits per heavy atom. The summed E-state index contributed by atoms with van der Waals surface area (Å²) in [6.45, 7) is 5.28. The van der Waals surface area contributed by atoms with E-state index in [9.17, 15) is 17.8 Å². The Labute approximate surface area is 125 Å². The highest BCUT2D eigenvalue weighted by atomic mass is 32.2. The van der Waals surface area contributed by atoms with Gasteiger partial charge in [-0.15, -0.1) is 0 Å². The maximum absolute atomic E-state index is 11.3. The van der Waals surface area contributed by atoms with Crippen molar-refractivity contribution >= 4 is 16.0 Å². The first-order valence-electron chi connectivity index (χ1n) is 7.05. The molecule has 0 aromatic rings. The van der Waals surface area contributed by atoms with Crippen molar-refractivity contribution in [3.63, 3.8) is 0 Å². The van der Waals surface area contributed by atoms with Crippen molar-refractivity contribution in [3.05, 3.63) is 11.0 Å². The molecular weight excluding hydrogens is 296 g/mol. The first-order chi connectivity index (χ1) is 9.68. The van der Waals surface area contributed by atoms with Crippen LogP contribution in [0.2, 0.25) is 0 Å². The molecule has 0 radical (unpaired) electrons. The Morgan fingerprint density at radius 3 is 2.52 bits per heavy atom. The highest BCUT2D eigenvalue weighted by Crippen LogP contribution is 2.25. The Balaban J connectivity index is 3.08. The molecule has 0 saturated heterocycles. The lowest BCUT2D eigenvalue weighted by Crippen LogP contribution is -2.57. The van der Waals surface area contributed by atoms with E-state index < -0.39 is 28.3 Å². The van der Waals surface area contributed by atoms with Gasteiger partial charge in [-0.1, -0.05) is 13.8 Å². The van der Waals surface area contributed by atoms with Crippen LogP contribution in [0.15, 0.2) is 11.0 Å². The smallest absolute Gasteiger partial charge is 0.290 e. The minimum Gasteiger partial charge on any atom is -0.369 e. The number of ether oxygens (including phenoxy) is 1. The summed E-state index contributed by atoms with van der Waals surface area (Å²) in [6.07, 6.45) is 2.06. The number of nitrogens with one attached hydrogen (secondary N) is 1. The van der Waals surface area contributed by atoms with E-state index in [1.807, 2.05) is 13.8 Å². The zero-order chi connectivity index (χ0) is 16.2. The van der Waals surface area contributed by atoms with E-state index in [0.717, 1.165) is 12.8 Å². The second-order valence-corrected chi connectivity index (χ2v) is 6.72. The Kier molecular flexibility index (Phi) is 6.33. The number of hydrogen-bond donors (Lipinski definition) is 3. The lowest BCUT2D eigenvalue weighted by molar-refractivity contribution is -0.121. The molecule has 8 heteroatoms. The summed E-state index contributed by atoms with van der Waals surface area (Å²) in [5.41, 5.74) is 5.95. The molecule has 3 atom stereocenters. The fourth-order valence-corrected chi connectivity index (χ4v) is 3.11. The largest absolute Gasteiger partial charge is 0.369 e. The molecule has 1 rings (SSSR count). The molecule has 7 nitrogen and oxygen atoms in total. The number of carbonyl (C=O) groups is 1. The van der Waals surface area contributed by atoms with Gasteiger partial charge in [0.25, 0.3) is 10.1 Å². The van der Waals surface area contributed by atoms with Crippen LogP contribution in [0.4, 0.5) is 0 Å². The van der Waals surface area contributed by atoms with Crippen molar-refractivity contribution in [2.24, 2.45) is 5.73 Å². The van der Waals surface area contributed by atoms with Gasteiger partial charge in [0.1, 0.15) is 0 Å². The van der Waals surface area contributed by atoms with Gasteiger partial charge in [0, 0.05) is 19.4 Å². The van der Waals surface area contributed by atoms with Crippen LogP contribution in [0, 0.1) is 0 Å². The standard InChI is InChI=1S/C13H24N2O5S/c1-4-9(5-2)20-12-7-10(21(17,18)19)6-11(14)13(12)15-8(3)16/h7,9,11-13H,4-6,14H2,1-3H3,(H,15,16)(H,17,18,19)/t11-,12+,13+/m0/s1. The lowest BCUT2D eigenvalue weighted by Gasteiger charge is -2.36. The molecule has 1 aliphatic carbocycles. The van der Waals surface area contributed by atoms with Crippen molar-refractivity contribution in [2.75, 3.05) is 0 Å². The minimum absolute atomic E-state index is 0.0352. The van der Waals surface area contributed by atoms with Crippen molar-refractivity contribution in [1.29, 1.82) is 0 Å². The lowest BCUT2D eigenvalue weighted by atomic mass is 9.93. The van der Waals surface area contributed by atoms with Gasteiger partial charge in [-0.2, -0.15) is 8.42 Å². The highest BCUT2D eigenvalue weighted by Gasteiger charge is 2.36. The van der Waals surface area contributed by atoms with Gasteiger partial charge in [0.05, 0.1) is 23.2 Å². The summed E-state index contributed by atoms with van der Waals surface area (Å²) in [7, 11) is -4.30. The fraction of sp³-hybridized carbons (Fsp3) is 0.769. The first-order valence-corrected chi connectivity index (χ1v) is 8.49. The molecule has 0 fully saturated rings. The second kappa shape index (κ2) is 7.35. The molecule has 0 unspecified atom stereocenters. The minimum atomic E-state index is -4.30. The summed E-state index contributed by atoms with van der Waals surface area (Å²) < 4.78 is 37.7. The second-order valence-electron chi connectivity index (χ2n) is 5.24. The van der Waals surface area contributed by atoms with E-state index in [1.54, 1.807) is 0 Å². The van der Waals surface area contributed by atoms with E-state index >= 15 is 0 Å². The van der Waals surface area contributed by atoms with Crippen LogP contribution in [-0.2, 0) is 19.6 Å². The number of amides is 1. The molecular formula is C13H24N2O5S. The normalized spacial score (nSPS) is 26.6. The predicted molar refractivity (Wildman–Crippen MR) is 79.1 cm³/mol. The average Bonchev–Trinajstić information content (AvgIpc) is 2.37. The number of carbonyl (C=O) groups excluding carboxylic acids is 1. The van der Waals surface area contributed by atoms with E-state index in [2.05, 4.69) is 5.32 Å². The topological polar surface area (TPSA) is 119 Å². The summed E-state index contributed by atoms with van der Waals surface area (Å²) in [5.74, 6) is -0.266. The number of rotatable bonds is 6. The average molecular weight is 320 g/mol. The van der Waals surface area contributed by atoms with Gasteiger partial charge >= 0.3 is 0 Å². The molecule has 0 aromatic carbocycles. The molecule has 122 valence electrons. The van der Waals surface area contributed by atoms with Crippen LogP contribution < -0.4 is 11.1 Å². The molecule has 1 amide bonds. The predicted octanol–water partition coefficient (Wildman–Crippen LogP) is 0.568. The summed E-state index contributed by atoms with van der Waals surface area (Å²) in [6, 6.07) is -1.16. The monoisotopic (exact) mass is 320 g/mol.